The number of rotatable bonds is 1. The maximum atomic E-state index is 12.3. The first kappa shape index (κ1) is 11.7. The van der Waals surface area contributed by atoms with Gasteiger partial charge in [0, 0.05) is 22.3 Å². The molecule has 0 radical (unpaired) electrons. The molecule has 0 aliphatic carbocycles. The lowest BCUT2D eigenvalue weighted by Gasteiger charge is -2.16. The van der Waals surface area contributed by atoms with Gasteiger partial charge in [-0.15, -0.1) is 0 Å². The molecule has 0 unspecified atom stereocenters. The second-order valence-electron chi connectivity index (χ2n) is 4.73. The summed E-state index contributed by atoms with van der Waals surface area (Å²) in [4.78, 5) is 12.3. The summed E-state index contributed by atoms with van der Waals surface area (Å²) in [7, 11) is 0. The van der Waals surface area contributed by atoms with E-state index in [1.165, 1.54) is 0 Å². The molecule has 2 heteroatoms. The molecule has 94 valence electrons. The van der Waals surface area contributed by atoms with E-state index in [4.69, 9.17) is 0 Å². The van der Waals surface area contributed by atoms with E-state index in [1.807, 2.05) is 56.3 Å². The Morgan fingerprint density at radius 3 is 2.21 bits per heavy atom. The zero-order valence-corrected chi connectivity index (χ0v) is 11.1. The summed E-state index contributed by atoms with van der Waals surface area (Å²) >= 11 is 0. The van der Waals surface area contributed by atoms with Gasteiger partial charge in [0.05, 0.1) is 5.52 Å². The number of hydrogen-bond donors (Lipinski definition) is 0. The number of pyridine rings is 1. The number of benzene rings is 2. The van der Waals surface area contributed by atoms with E-state index in [1.54, 1.807) is 0 Å². The Labute approximate surface area is 111 Å². The highest BCUT2D eigenvalue weighted by atomic mass is 16.1. The molecule has 3 aromatic rings. The molecule has 0 N–H and O–H groups in total. The Bertz CT molecular complexity index is 801. The van der Waals surface area contributed by atoms with Crippen LogP contribution >= 0.6 is 0 Å². The van der Waals surface area contributed by atoms with Crippen LogP contribution in [-0.2, 0) is 0 Å². The third kappa shape index (κ3) is 1.76. The molecule has 0 saturated heterocycles. The van der Waals surface area contributed by atoms with Crippen LogP contribution in [0.15, 0.2) is 59.4 Å². The van der Waals surface area contributed by atoms with Crippen LogP contribution in [0.2, 0.25) is 0 Å². The van der Waals surface area contributed by atoms with Gasteiger partial charge in [-0.05, 0) is 38.1 Å². The number of fused-ring (bicyclic) bond motifs is 1. The Morgan fingerprint density at radius 1 is 0.842 bits per heavy atom. The Balaban J connectivity index is 2.52. The summed E-state index contributed by atoms with van der Waals surface area (Å²) in [5.74, 6) is 0. The van der Waals surface area contributed by atoms with Crippen LogP contribution in [0.4, 0.5) is 0 Å². The summed E-state index contributed by atoms with van der Waals surface area (Å²) in [6, 6.07) is 17.9. The fourth-order valence-corrected chi connectivity index (χ4v) is 2.49. The van der Waals surface area contributed by atoms with Gasteiger partial charge in [0.2, 0.25) is 0 Å². The lowest BCUT2D eigenvalue weighted by atomic mass is 10.1. The van der Waals surface area contributed by atoms with E-state index < -0.39 is 0 Å². The molecular weight excluding hydrogens is 234 g/mol. The lowest BCUT2D eigenvalue weighted by Crippen LogP contribution is -2.15. The molecule has 0 atom stereocenters. The van der Waals surface area contributed by atoms with Crippen LogP contribution in [-0.4, -0.2) is 4.57 Å². The van der Waals surface area contributed by atoms with Gasteiger partial charge in [0.1, 0.15) is 0 Å². The maximum absolute atomic E-state index is 12.3. The van der Waals surface area contributed by atoms with E-state index in [0.29, 0.717) is 0 Å². The van der Waals surface area contributed by atoms with Crippen molar-refractivity contribution in [3.05, 3.63) is 76.1 Å². The monoisotopic (exact) mass is 249 g/mol. The quantitative estimate of drug-likeness (QED) is 0.645. The van der Waals surface area contributed by atoms with Crippen molar-refractivity contribution in [2.24, 2.45) is 0 Å². The highest BCUT2D eigenvalue weighted by molar-refractivity contribution is 5.82. The SMILES string of the molecule is Cc1c(C)n(-c2ccccc2)c2ccccc2c1=O. The van der Waals surface area contributed by atoms with Gasteiger partial charge >= 0.3 is 0 Å². The molecule has 1 aromatic heterocycles. The van der Waals surface area contributed by atoms with E-state index in [-0.39, 0.29) is 5.43 Å². The van der Waals surface area contributed by atoms with Crippen molar-refractivity contribution in [3.8, 4) is 5.69 Å². The first-order valence-electron chi connectivity index (χ1n) is 6.36. The smallest absolute Gasteiger partial charge is 0.192 e. The largest absolute Gasteiger partial charge is 0.313 e. The van der Waals surface area contributed by atoms with Crippen molar-refractivity contribution in [2.75, 3.05) is 0 Å². The Kier molecular flexibility index (Phi) is 2.71. The minimum absolute atomic E-state index is 0.125. The van der Waals surface area contributed by atoms with Crippen LogP contribution < -0.4 is 5.43 Å². The Morgan fingerprint density at radius 2 is 1.47 bits per heavy atom. The van der Waals surface area contributed by atoms with E-state index >= 15 is 0 Å². The summed E-state index contributed by atoms with van der Waals surface area (Å²) in [6.45, 7) is 3.89. The van der Waals surface area contributed by atoms with Gasteiger partial charge < -0.3 is 4.57 Å². The van der Waals surface area contributed by atoms with Crippen molar-refractivity contribution in [2.45, 2.75) is 13.8 Å². The lowest BCUT2D eigenvalue weighted by molar-refractivity contribution is 1.000. The molecule has 2 aromatic carbocycles. The van der Waals surface area contributed by atoms with Crippen LogP contribution in [0.3, 0.4) is 0 Å². The standard InChI is InChI=1S/C17H15NO/c1-12-13(2)18(14-8-4-3-5-9-14)16-11-7-6-10-15(16)17(12)19/h3-11H,1-2H3. The molecule has 1 heterocycles. The molecule has 0 spiro atoms. The Hall–Kier alpha value is -2.35. The van der Waals surface area contributed by atoms with Crippen LogP contribution in [0.5, 0.6) is 0 Å². The molecular formula is C17H15NO. The van der Waals surface area contributed by atoms with Crippen LogP contribution in [0, 0.1) is 13.8 Å². The molecule has 2 nitrogen and oxygen atoms in total. The topological polar surface area (TPSA) is 22.0 Å². The third-order valence-corrected chi connectivity index (χ3v) is 3.62. The normalized spacial score (nSPS) is 10.8. The highest BCUT2D eigenvalue weighted by Crippen LogP contribution is 2.20. The minimum Gasteiger partial charge on any atom is -0.313 e. The maximum Gasteiger partial charge on any atom is 0.192 e. The molecule has 0 fully saturated rings. The second kappa shape index (κ2) is 4.39. The molecule has 3 rings (SSSR count). The summed E-state index contributed by atoms with van der Waals surface area (Å²) < 4.78 is 2.14. The summed E-state index contributed by atoms with van der Waals surface area (Å²) in [5.41, 5.74) is 3.97. The van der Waals surface area contributed by atoms with Crippen LogP contribution in [0.1, 0.15) is 11.3 Å². The molecule has 0 aliphatic rings. The predicted molar refractivity (Wildman–Crippen MR) is 79.0 cm³/mol. The van der Waals surface area contributed by atoms with Gasteiger partial charge in [0.25, 0.3) is 0 Å². The van der Waals surface area contributed by atoms with E-state index in [2.05, 4.69) is 16.7 Å². The van der Waals surface area contributed by atoms with Gasteiger partial charge in [-0.25, -0.2) is 0 Å². The molecule has 0 bridgehead atoms. The summed E-state index contributed by atoms with van der Waals surface area (Å²) in [5, 5.41) is 0.773. The molecule has 0 aliphatic heterocycles. The summed E-state index contributed by atoms with van der Waals surface area (Å²) in [6.07, 6.45) is 0. The first-order chi connectivity index (χ1) is 9.20. The van der Waals surface area contributed by atoms with Gasteiger partial charge in [-0.1, -0.05) is 30.3 Å². The average Bonchev–Trinajstić information content (AvgIpc) is 2.46. The van der Waals surface area contributed by atoms with E-state index in [0.717, 1.165) is 27.8 Å². The van der Waals surface area contributed by atoms with Crippen molar-refractivity contribution in [1.29, 1.82) is 0 Å². The zero-order valence-electron chi connectivity index (χ0n) is 11.1. The highest BCUT2D eigenvalue weighted by Gasteiger charge is 2.11. The number of para-hydroxylation sites is 2. The first-order valence-corrected chi connectivity index (χ1v) is 6.36. The van der Waals surface area contributed by atoms with Gasteiger partial charge in [-0.3, -0.25) is 4.79 Å². The second-order valence-corrected chi connectivity index (χ2v) is 4.73. The van der Waals surface area contributed by atoms with Crippen LogP contribution in [0.25, 0.3) is 16.6 Å². The minimum atomic E-state index is 0.125. The predicted octanol–water partition coefficient (Wildman–Crippen LogP) is 3.61. The molecule has 0 amide bonds. The van der Waals surface area contributed by atoms with Crippen molar-refractivity contribution in [3.63, 3.8) is 0 Å². The fraction of sp³-hybridized carbons (Fsp3) is 0.118. The molecule has 19 heavy (non-hydrogen) atoms. The van der Waals surface area contributed by atoms with Gasteiger partial charge in [-0.2, -0.15) is 0 Å². The van der Waals surface area contributed by atoms with Crippen molar-refractivity contribution >= 4 is 10.9 Å². The van der Waals surface area contributed by atoms with E-state index in [9.17, 15) is 4.79 Å². The fourth-order valence-electron chi connectivity index (χ4n) is 2.49. The van der Waals surface area contributed by atoms with Gasteiger partial charge in [0.15, 0.2) is 5.43 Å². The molecule has 0 saturated carbocycles. The number of hydrogen-bond acceptors (Lipinski definition) is 1. The number of aromatic nitrogens is 1. The average molecular weight is 249 g/mol. The van der Waals surface area contributed by atoms with Crippen molar-refractivity contribution < 1.29 is 0 Å². The van der Waals surface area contributed by atoms with Crippen molar-refractivity contribution in [1.82, 2.24) is 4.57 Å². The number of nitrogens with zero attached hydrogens (tertiary/aromatic N) is 1. The third-order valence-electron chi connectivity index (χ3n) is 3.62. The zero-order chi connectivity index (χ0) is 13.4.